The van der Waals surface area contributed by atoms with Crippen molar-refractivity contribution in [3.63, 3.8) is 0 Å². The third kappa shape index (κ3) is 4.26. The molecule has 0 aliphatic carbocycles. The number of furan rings is 2. The first-order chi connectivity index (χ1) is 11.2. The van der Waals surface area contributed by atoms with Gasteiger partial charge in [0, 0.05) is 31.6 Å². The summed E-state index contributed by atoms with van der Waals surface area (Å²) >= 11 is 0. The summed E-state index contributed by atoms with van der Waals surface area (Å²) in [5.74, 6) is 1.11. The highest BCUT2D eigenvalue weighted by Crippen LogP contribution is 2.15. The van der Waals surface area contributed by atoms with Crippen LogP contribution >= 0.6 is 0 Å². The molecule has 1 amide bonds. The molecule has 23 heavy (non-hydrogen) atoms. The summed E-state index contributed by atoms with van der Waals surface area (Å²) in [4.78, 5) is 14.2. The molecule has 0 aromatic carbocycles. The summed E-state index contributed by atoms with van der Waals surface area (Å²) < 4.78 is 10.4. The molecule has 5 nitrogen and oxygen atoms in total. The van der Waals surface area contributed by atoms with Crippen molar-refractivity contribution in [3.05, 3.63) is 48.3 Å². The van der Waals surface area contributed by atoms with Gasteiger partial charge in [-0.1, -0.05) is 0 Å². The first kappa shape index (κ1) is 15.9. The van der Waals surface area contributed by atoms with Crippen molar-refractivity contribution in [2.24, 2.45) is 0 Å². The number of aryl methyl sites for hydroxylation is 1. The molecular weight excluding hydrogens is 292 g/mol. The molecule has 1 N–H and O–H groups in total. The van der Waals surface area contributed by atoms with E-state index in [-0.39, 0.29) is 5.91 Å². The van der Waals surface area contributed by atoms with Gasteiger partial charge in [0.2, 0.25) is 0 Å². The number of hydrogen-bond donors (Lipinski definition) is 1. The van der Waals surface area contributed by atoms with E-state index in [1.807, 2.05) is 17.0 Å². The Bertz CT molecular complexity index is 584. The van der Waals surface area contributed by atoms with Crippen LogP contribution in [0, 0.1) is 0 Å². The van der Waals surface area contributed by atoms with Crippen molar-refractivity contribution >= 4 is 5.91 Å². The minimum absolute atomic E-state index is 0.0723. The van der Waals surface area contributed by atoms with Crippen LogP contribution in [0.4, 0.5) is 0 Å². The predicted octanol–water partition coefficient (Wildman–Crippen LogP) is 3.09. The molecule has 0 saturated carbocycles. The Hall–Kier alpha value is -2.01. The highest BCUT2D eigenvalue weighted by molar-refractivity contribution is 5.93. The lowest BCUT2D eigenvalue weighted by Crippen LogP contribution is -2.47. The molecule has 1 saturated heterocycles. The van der Waals surface area contributed by atoms with Gasteiger partial charge in [-0.15, -0.1) is 0 Å². The molecule has 1 fully saturated rings. The molecule has 1 aliphatic heterocycles. The van der Waals surface area contributed by atoms with E-state index >= 15 is 0 Å². The number of hydrogen-bond acceptors (Lipinski definition) is 4. The van der Waals surface area contributed by atoms with E-state index in [1.54, 1.807) is 18.6 Å². The van der Waals surface area contributed by atoms with Gasteiger partial charge < -0.3 is 19.1 Å². The molecule has 5 heteroatoms. The van der Waals surface area contributed by atoms with Gasteiger partial charge in [-0.2, -0.15) is 0 Å². The largest absolute Gasteiger partial charge is 0.472 e. The number of carbonyl (C=O) groups is 1. The van der Waals surface area contributed by atoms with Gasteiger partial charge in [0.1, 0.15) is 12.0 Å². The minimum Gasteiger partial charge on any atom is -0.472 e. The van der Waals surface area contributed by atoms with Crippen LogP contribution in [0.1, 0.15) is 42.3 Å². The predicted molar refractivity (Wildman–Crippen MR) is 87.3 cm³/mol. The maximum absolute atomic E-state index is 12.3. The molecule has 3 rings (SSSR count). The second kappa shape index (κ2) is 7.51. The van der Waals surface area contributed by atoms with Gasteiger partial charge >= 0.3 is 0 Å². The zero-order chi connectivity index (χ0) is 16.1. The molecule has 1 atom stereocenters. The molecule has 2 aromatic rings. The van der Waals surface area contributed by atoms with E-state index in [1.165, 1.54) is 6.26 Å². The first-order valence-electron chi connectivity index (χ1n) is 8.32. The Morgan fingerprint density at radius 3 is 2.83 bits per heavy atom. The number of carbonyl (C=O) groups excluding carboxylic acids is 1. The zero-order valence-corrected chi connectivity index (χ0v) is 13.5. The standard InChI is InChI=1S/C18H24N2O3/c1-14(4-5-17-3-2-11-23-17)19-16-6-9-20(10-7-16)18(21)15-8-12-22-13-15/h2-3,8,11-14,16,19H,4-7,9-10H2,1H3. The summed E-state index contributed by atoms with van der Waals surface area (Å²) in [5, 5.41) is 3.68. The van der Waals surface area contributed by atoms with Gasteiger partial charge in [0.25, 0.3) is 5.91 Å². The average Bonchev–Trinajstić information content (AvgIpc) is 3.26. The molecule has 1 unspecified atom stereocenters. The average molecular weight is 316 g/mol. The van der Waals surface area contributed by atoms with Crippen molar-refractivity contribution in [2.75, 3.05) is 13.1 Å². The Labute approximate surface area is 136 Å². The highest BCUT2D eigenvalue weighted by Gasteiger charge is 2.24. The third-order valence-corrected chi connectivity index (χ3v) is 4.47. The minimum atomic E-state index is 0.0723. The number of amides is 1. The maximum Gasteiger partial charge on any atom is 0.257 e. The molecule has 1 aliphatic rings. The summed E-state index contributed by atoms with van der Waals surface area (Å²) in [7, 11) is 0. The lowest BCUT2D eigenvalue weighted by molar-refractivity contribution is 0.0701. The molecule has 0 spiro atoms. The fourth-order valence-corrected chi connectivity index (χ4v) is 3.12. The molecule has 3 heterocycles. The number of nitrogens with zero attached hydrogens (tertiary/aromatic N) is 1. The van der Waals surface area contributed by atoms with Crippen LogP contribution in [0.5, 0.6) is 0 Å². The lowest BCUT2D eigenvalue weighted by Gasteiger charge is -2.33. The first-order valence-corrected chi connectivity index (χ1v) is 8.32. The maximum atomic E-state index is 12.3. The SMILES string of the molecule is CC(CCc1ccco1)NC1CCN(C(=O)c2ccoc2)CC1. The van der Waals surface area contributed by atoms with Crippen LogP contribution in [0.15, 0.2) is 45.8 Å². The summed E-state index contributed by atoms with van der Waals surface area (Å²) in [6.45, 7) is 3.81. The summed E-state index contributed by atoms with van der Waals surface area (Å²) in [5.41, 5.74) is 0.642. The number of nitrogens with one attached hydrogen (secondary N) is 1. The van der Waals surface area contributed by atoms with E-state index in [4.69, 9.17) is 8.83 Å². The van der Waals surface area contributed by atoms with E-state index < -0.39 is 0 Å². The van der Waals surface area contributed by atoms with E-state index in [0.29, 0.717) is 17.6 Å². The van der Waals surface area contributed by atoms with Gasteiger partial charge in [-0.05, 0) is 44.4 Å². The van der Waals surface area contributed by atoms with Crippen molar-refractivity contribution in [1.29, 1.82) is 0 Å². The number of likely N-dealkylation sites (tertiary alicyclic amines) is 1. The van der Waals surface area contributed by atoms with E-state index in [0.717, 1.165) is 44.5 Å². The van der Waals surface area contributed by atoms with Gasteiger partial charge in [-0.3, -0.25) is 4.79 Å². The number of piperidine rings is 1. The van der Waals surface area contributed by atoms with Crippen LogP contribution in [0.3, 0.4) is 0 Å². The van der Waals surface area contributed by atoms with Crippen LogP contribution < -0.4 is 5.32 Å². The normalized spacial score (nSPS) is 17.3. The second-order valence-electron chi connectivity index (χ2n) is 6.26. The fourth-order valence-electron chi connectivity index (χ4n) is 3.12. The monoisotopic (exact) mass is 316 g/mol. The van der Waals surface area contributed by atoms with Gasteiger partial charge in [0.15, 0.2) is 0 Å². The smallest absolute Gasteiger partial charge is 0.257 e. The Morgan fingerprint density at radius 1 is 1.35 bits per heavy atom. The lowest BCUT2D eigenvalue weighted by atomic mass is 10.0. The van der Waals surface area contributed by atoms with E-state index in [9.17, 15) is 4.79 Å². The van der Waals surface area contributed by atoms with Gasteiger partial charge in [-0.25, -0.2) is 0 Å². The summed E-state index contributed by atoms with van der Waals surface area (Å²) in [6, 6.07) is 6.60. The Balaban J connectivity index is 1.39. The Morgan fingerprint density at radius 2 is 2.17 bits per heavy atom. The van der Waals surface area contributed by atoms with Crippen LogP contribution in [0.2, 0.25) is 0 Å². The fraction of sp³-hybridized carbons (Fsp3) is 0.500. The van der Waals surface area contributed by atoms with Crippen LogP contribution in [0.25, 0.3) is 0 Å². The Kier molecular flexibility index (Phi) is 5.18. The zero-order valence-electron chi connectivity index (χ0n) is 13.5. The third-order valence-electron chi connectivity index (χ3n) is 4.47. The molecule has 0 bridgehead atoms. The highest BCUT2D eigenvalue weighted by atomic mass is 16.3. The van der Waals surface area contributed by atoms with E-state index in [2.05, 4.69) is 12.2 Å². The molecular formula is C18H24N2O3. The van der Waals surface area contributed by atoms with Crippen molar-refractivity contribution in [1.82, 2.24) is 10.2 Å². The summed E-state index contributed by atoms with van der Waals surface area (Å²) in [6.07, 6.45) is 8.79. The van der Waals surface area contributed by atoms with Gasteiger partial charge in [0.05, 0.1) is 18.1 Å². The van der Waals surface area contributed by atoms with Crippen molar-refractivity contribution in [3.8, 4) is 0 Å². The molecule has 124 valence electrons. The van der Waals surface area contributed by atoms with Crippen molar-refractivity contribution < 1.29 is 13.6 Å². The molecule has 0 radical (unpaired) electrons. The quantitative estimate of drug-likeness (QED) is 0.890. The second-order valence-corrected chi connectivity index (χ2v) is 6.26. The number of rotatable bonds is 6. The van der Waals surface area contributed by atoms with Crippen molar-refractivity contribution in [2.45, 2.75) is 44.7 Å². The topological polar surface area (TPSA) is 58.6 Å². The van der Waals surface area contributed by atoms with Crippen LogP contribution in [-0.2, 0) is 6.42 Å². The molecule has 2 aromatic heterocycles. The van der Waals surface area contributed by atoms with Crippen LogP contribution in [-0.4, -0.2) is 36.0 Å².